The van der Waals surface area contributed by atoms with Crippen molar-refractivity contribution in [3.8, 4) is 0 Å². The summed E-state index contributed by atoms with van der Waals surface area (Å²) in [6.45, 7) is 9.51. The minimum absolute atomic E-state index is 0.158. The summed E-state index contributed by atoms with van der Waals surface area (Å²) in [5, 5.41) is 9.19. The zero-order chi connectivity index (χ0) is 11.3. The number of likely N-dealkylation sites (N-methyl/N-ethyl adjacent to an activating group) is 1. The summed E-state index contributed by atoms with van der Waals surface area (Å²) in [6, 6.07) is 0.811. The molecule has 0 aromatic heterocycles. The Labute approximate surface area is 93.0 Å². The zero-order valence-electron chi connectivity index (χ0n) is 10.0. The highest BCUT2D eigenvalue weighted by atomic mass is 16.3. The topological polar surface area (TPSA) is 52.7 Å². The molecule has 1 saturated heterocycles. The molecule has 0 spiro atoms. The smallest absolute Gasteiger partial charge is 0.0599 e. The van der Waals surface area contributed by atoms with E-state index in [0.717, 1.165) is 26.2 Å². The van der Waals surface area contributed by atoms with E-state index in [4.69, 9.17) is 5.73 Å². The molecule has 0 amide bonds. The van der Waals surface area contributed by atoms with Crippen LogP contribution >= 0.6 is 0 Å². The first-order chi connectivity index (χ1) is 7.26. The van der Waals surface area contributed by atoms with Gasteiger partial charge in [-0.3, -0.25) is 9.80 Å². The Hall–Kier alpha value is -0.160. The Balaban J connectivity index is 2.43. The van der Waals surface area contributed by atoms with Gasteiger partial charge in [0, 0.05) is 31.7 Å². The van der Waals surface area contributed by atoms with Crippen molar-refractivity contribution < 1.29 is 5.11 Å². The SMILES string of the molecule is CCN(CC)C1CCN(C(CN)CO)C1. The first-order valence-electron chi connectivity index (χ1n) is 6.05. The molecular formula is C11H25N3O. The number of nitrogens with two attached hydrogens (primary N) is 1. The van der Waals surface area contributed by atoms with E-state index in [0.29, 0.717) is 12.6 Å². The minimum Gasteiger partial charge on any atom is -0.395 e. The highest BCUT2D eigenvalue weighted by Gasteiger charge is 2.29. The Morgan fingerprint density at radius 3 is 2.60 bits per heavy atom. The molecule has 0 radical (unpaired) electrons. The van der Waals surface area contributed by atoms with E-state index in [2.05, 4.69) is 23.6 Å². The van der Waals surface area contributed by atoms with Gasteiger partial charge < -0.3 is 10.8 Å². The molecule has 15 heavy (non-hydrogen) atoms. The van der Waals surface area contributed by atoms with Crippen LogP contribution in [0, 0.1) is 0 Å². The van der Waals surface area contributed by atoms with Crippen LogP contribution in [0.1, 0.15) is 20.3 Å². The Morgan fingerprint density at radius 1 is 1.47 bits per heavy atom. The average Bonchev–Trinajstić information content (AvgIpc) is 2.71. The first-order valence-corrected chi connectivity index (χ1v) is 6.05. The molecule has 1 aliphatic heterocycles. The molecule has 0 bridgehead atoms. The summed E-state index contributed by atoms with van der Waals surface area (Å²) in [5.74, 6) is 0. The predicted octanol–water partition coefficient (Wildman–Crippen LogP) is -0.278. The fourth-order valence-electron chi connectivity index (χ4n) is 2.48. The van der Waals surface area contributed by atoms with Crippen LogP contribution in [0.4, 0.5) is 0 Å². The summed E-state index contributed by atoms with van der Waals surface area (Å²) in [7, 11) is 0. The molecule has 1 fully saturated rings. The van der Waals surface area contributed by atoms with Crippen LogP contribution in [-0.2, 0) is 0 Å². The van der Waals surface area contributed by atoms with Crippen molar-refractivity contribution >= 4 is 0 Å². The molecule has 4 heteroatoms. The molecule has 0 aliphatic carbocycles. The largest absolute Gasteiger partial charge is 0.395 e. The second-order valence-corrected chi connectivity index (χ2v) is 4.23. The van der Waals surface area contributed by atoms with Gasteiger partial charge in [0.05, 0.1) is 6.61 Å². The lowest BCUT2D eigenvalue weighted by Gasteiger charge is -2.28. The van der Waals surface area contributed by atoms with Crippen molar-refractivity contribution in [3.63, 3.8) is 0 Å². The van der Waals surface area contributed by atoms with Gasteiger partial charge in [0.2, 0.25) is 0 Å². The molecule has 90 valence electrons. The second-order valence-electron chi connectivity index (χ2n) is 4.23. The number of hydrogen-bond donors (Lipinski definition) is 2. The van der Waals surface area contributed by atoms with Crippen LogP contribution in [0.5, 0.6) is 0 Å². The number of hydrogen-bond acceptors (Lipinski definition) is 4. The van der Waals surface area contributed by atoms with E-state index in [9.17, 15) is 5.11 Å². The van der Waals surface area contributed by atoms with Gasteiger partial charge in [0.1, 0.15) is 0 Å². The summed E-state index contributed by atoms with van der Waals surface area (Å²) in [4.78, 5) is 4.81. The molecule has 0 saturated carbocycles. The molecule has 1 heterocycles. The summed E-state index contributed by atoms with van der Waals surface area (Å²) < 4.78 is 0. The number of rotatable bonds is 6. The molecular weight excluding hydrogens is 190 g/mol. The lowest BCUT2D eigenvalue weighted by atomic mass is 10.2. The fourth-order valence-corrected chi connectivity index (χ4v) is 2.48. The first kappa shape index (κ1) is 12.9. The van der Waals surface area contributed by atoms with Crippen LogP contribution in [-0.4, -0.2) is 66.3 Å². The van der Waals surface area contributed by atoms with Crippen LogP contribution < -0.4 is 5.73 Å². The van der Waals surface area contributed by atoms with Gasteiger partial charge in [-0.2, -0.15) is 0 Å². The quantitative estimate of drug-likeness (QED) is 0.640. The third-order valence-electron chi connectivity index (χ3n) is 3.52. The van der Waals surface area contributed by atoms with E-state index < -0.39 is 0 Å². The molecule has 0 aromatic carbocycles. The maximum Gasteiger partial charge on any atom is 0.0599 e. The van der Waals surface area contributed by atoms with Gasteiger partial charge in [-0.05, 0) is 19.5 Å². The van der Waals surface area contributed by atoms with Crippen molar-refractivity contribution in [2.45, 2.75) is 32.4 Å². The van der Waals surface area contributed by atoms with E-state index in [1.165, 1.54) is 6.42 Å². The van der Waals surface area contributed by atoms with E-state index in [1.54, 1.807) is 0 Å². The van der Waals surface area contributed by atoms with Crippen LogP contribution in [0.2, 0.25) is 0 Å². The lowest BCUT2D eigenvalue weighted by molar-refractivity contribution is 0.136. The molecule has 1 rings (SSSR count). The summed E-state index contributed by atoms with van der Waals surface area (Å²) >= 11 is 0. The van der Waals surface area contributed by atoms with Crippen molar-refractivity contribution in [1.82, 2.24) is 9.80 Å². The van der Waals surface area contributed by atoms with Crippen molar-refractivity contribution in [1.29, 1.82) is 0 Å². The van der Waals surface area contributed by atoms with Gasteiger partial charge >= 0.3 is 0 Å². The number of aliphatic hydroxyl groups is 1. The van der Waals surface area contributed by atoms with Gasteiger partial charge in [0.15, 0.2) is 0 Å². The summed E-state index contributed by atoms with van der Waals surface area (Å²) in [5.41, 5.74) is 5.63. The van der Waals surface area contributed by atoms with Gasteiger partial charge in [-0.1, -0.05) is 13.8 Å². The normalized spacial score (nSPS) is 25.0. The highest BCUT2D eigenvalue weighted by Crippen LogP contribution is 2.17. The molecule has 2 atom stereocenters. The van der Waals surface area contributed by atoms with Crippen molar-refractivity contribution in [3.05, 3.63) is 0 Å². The van der Waals surface area contributed by atoms with Crippen LogP contribution in [0.15, 0.2) is 0 Å². The Morgan fingerprint density at radius 2 is 2.13 bits per heavy atom. The van der Waals surface area contributed by atoms with Crippen molar-refractivity contribution in [2.75, 3.05) is 39.3 Å². The number of likely N-dealkylation sites (tertiary alicyclic amines) is 1. The number of aliphatic hydroxyl groups excluding tert-OH is 1. The van der Waals surface area contributed by atoms with Crippen LogP contribution in [0.3, 0.4) is 0 Å². The number of nitrogens with zero attached hydrogens (tertiary/aromatic N) is 2. The maximum atomic E-state index is 9.19. The highest BCUT2D eigenvalue weighted by molar-refractivity contribution is 4.86. The average molecular weight is 215 g/mol. The van der Waals surface area contributed by atoms with E-state index in [1.807, 2.05) is 0 Å². The van der Waals surface area contributed by atoms with Crippen molar-refractivity contribution in [2.24, 2.45) is 5.73 Å². The lowest BCUT2D eigenvalue weighted by Crippen LogP contribution is -2.44. The minimum atomic E-state index is 0.158. The monoisotopic (exact) mass is 215 g/mol. The molecule has 4 nitrogen and oxygen atoms in total. The van der Waals surface area contributed by atoms with E-state index >= 15 is 0 Å². The molecule has 1 aliphatic rings. The predicted molar refractivity (Wildman–Crippen MR) is 62.8 cm³/mol. The fraction of sp³-hybridized carbons (Fsp3) is 1.00. The van der Waals surface area contributed by atoms with E-state index in [-0.39, 0.29) is 12.6 Å². The van der Waals surface area contributed by atoms with Crippen LogP contribution in [0.25, 0.3) is 0 Å². The Bertz CT molecular complexity index is 151. The maximum absolute atomic E-state index is 9.19. The summed E-state index contributed by atoms with van der Waals surface area (Å²) in [6.07, 6.45) is 1.21. The second kappa shape index (κ2) is 6.43. The zero-order valence-corrected chi connectivity index (χ0v) is 10.0. The third-order valence-corrected chi connectivity index (χ3v) is 3.52. The van der Waals surface area contributed by atoms with Gasteiger partial charge in [-0.25, -0.2) is 0 Å². The third kappa shape index (κ3) is 3.14. The van der Waals surface area contributed by atoms with Gasteiger partial charge in [-0.15, -0.1) is 0 Å². The Kier molecular flexibility index (Phi) is 5.53. The standard InChI is InChI=1S/C11H25N3O/c1-3-13(4-2)10-5-6-14(8-10)11(7-12)9-15/h10-11,15H,3-9,12H2,1-2H3. The van der Waals surface area contributed by atoms with Gasteiger partial charge in [0.25, 0.3) is 0 Å². The molecule has 2 unspecified atom stereocenters. The molecule has 0 aromatic rings. The molecule has 3 N–H and O–H groups in total.